The van der Waals surface area contributed by atoms with E-state index < -0.39 is 10.0 Å². The van der Waals surface area contributed by atoms with E-state index in [9.17, 15) is 13.2 Å². The normalized spacial score (nSPS) is 15.5. The van der Waals surface area contributed by atoms with Gasteiger partial charge in [-0.15, -0.1) is 0 Å². The number of benzene rings is 3. The maximum atomic E-state index is 13.8. The van der Waals surface area contributed by atoms with Crippen LogP contribution in [-0.4, -0.2) is 31.8 Å². The van der Waals surface area contributed by atoms with Gasteiger partial charge >= 0.3 is 0 Å². The minimum atomic E-state index is -3.87. The van der Waals surface area contributed by atoms with Crippen LogP contribution in [0.3, 0.4) is 0 Å². The SMILES string of the molecule is CCC1Cc2c(Br)cccc2CN1C(=O)CCN(c1cc(C)cc(C)c1)S(=O)(=O)c1ccc(Br)cc1. The number of sulfonamides is 1. The van der Waals surface area contributed by atoms with Crippen molar-refractivity contribution < 1.29 is 13.2 Å². The summed E-state index contributed by atoms with van der Waals surface area (Å²) in [6.45, 7) is 6.59. The summed E-state index contributed by atoms with van der Waals surface area (Å²) in [6, 6.07) is 18.5. The summed E-state index contributed by atoms with van der Waals surface area (Å²) < 4.78 is 30.8. The Morgan fingerprint density at radius 2 is 1.69 bits per heavy atom. The largest absolute Gasteiger partial charge is 0.335 e. The van der Waals surface area contributed by atoms with Crippen LogP contribution in [0.4, 0.5) is 5.69 Å². The predicted molar refractivity (Wildman–Crippen MR) is 152 cm³/mol. The van der Waals surface area contributed by atoms with Crippen LogP contribution in [0.15, 0.2) is 74.5 Å². The number of fused-ring (bicyclic) bond motifs is 1. The lowest BCUT2D eigenvalue weighted by molar-refractivity contribution is -0.134. The third-order valence-electron chi connectivity index (χ3n) is 6.65. The van der Waals surface area contributed by atoms with Gasteiger partial charge in [0.2, 0.25) is 5.91 Å². The number of hydrogen-bond donors (Lipinski definition) is 0. The van der Waals surface area contributed by atoms with Gasteiger partial charge in [-0.05, 0) is 91.4 Å². The van der Waals surface area contributed by atoms with Gasteiger partial charge in [0, 0.05) is 34.5 Å². The minimum Gasteiger partial charge on any atom is -0.335 e. The lowest BCUT2D eigenvalue weighted by atomic mass is 9.92. The molecule has 3 aromatic carbocycles. The van der Waals surface area contributed by atoms with E-state index >= 15 is 0 Å². The van der Waals surface area contributed by atoms with Crippen molar-refractivity contribution in [1.29, 1.82) is 0 Å². The standard InChI is InChI=1S/C28H30Br2N2O3S/c1-4-23-17-26-21(6-5-7-27(26)30)18-31(23)28(33)12-13-32(24-15-19(2)14-20(3)16-24)36(34,35)25-10-8-22(29)9-11-25/h5-11,14-16,23H,4,12-13,17-18H2,1-3H3. The van der Waals surface area contributed by atoms with E-state index in [2.05, 4.69) is 44.8 Å². The number of aryl methyl sites for hydroxylation is 2. The molecule has 1 aliphatic heterocycles. The average Bonchev–Trinajstić information content (AvgIpc) is 2.83. The second-order valence-electron chi connectivity index (χ2n) is 9.29. The number of anilines is 1. The molecule has 0 aromatic heterocycles. The Morgan fingerprint density at radius 3 is 2.33 bits per heavy atom. The van der Waals surface area contributed by atoms with E-state index in [0.717, 1.165) is 38.5 Å². The van der Waals surface area contributed by atoms with E-state index in [1.807, 2.05) is 49.1 Å². The first-order valence-corrected chi connectivity index (χ1v) is 15.0. The Labute approximate surface area is 230 Å². The van der Waals surface area contributed by atoms with Crippen LogP contribution in [0, 0.1) is 13.8 Å². The highest BCUT2D eigenvalue weighted by molar-refractivity contribution is 9.10. The van der Waals surface area contributed by atoms with Crippen molar-refractivity contribution in [2.24, 2.45) is 0 Å². The van der Waals surface area contributed by atoms with Crippen molar-refractivity contribution in [2.75, 3.05) is 10.8 Å². The molecule has 0 saturated heterocycles. The number of halogens is 2. The molecule has 190 valence electrons. The summed E-state index contributed by atoms with van der Waals surface area (Å²) >= 11 is 7.03. The molecule has 0 aliphatic carbocycles. The van der Waals surface area contributed by atoms with Gasteiger partial charge in [-0.1, -0.05) is 57.0 Å². The predicted octanol–water partition coefficient (Wildman–Crippen LogP) is 6.78. The first-order valence-electron chi connectivity index (χ1n) is 12.0. The van der Waals surface area contributed by atoms with Gasteiger partial charge in [0.15, 0.2) is 0 Å². The Kier molecular flexibility index (Phi) is 8.27. The summed E-state index contributed by atoms with van der Waals surface area (Å²) in [7, 11) is -3.87. The zero-order chi connectivity index (χ0) is 26.0. The minimum absolute atomic E-state index is 0.0344. The van der Waals surface area contributed by atoms with Crippen molar-refractivity contribution in [3.05, 3.63) is 91.9 Å². The topological polar surface area (TPSA) is 57.7 Å². The van der Waals surface area contributed by atoms with E-state index in [1.165, 1.54) is 9.87 Å². The number of carbonyl (C=O) groups excluding carboxylic acids is 1. The van der Waals surface area contributed by atoms with E-state index in [4.69, 9.17) is 0 Å². The molecule has 1 amide bonds. The fourth-order valence-electron chi connectivity index (χ4n) is 4.85. The van der Waals surface area contributed by atoms with Gasteiger partial charge in [-0.25, -0.2) is 8.42 Å². The second kappa shape index (κ2) is 11.1. The van der Waals surface area contributed by atoms with Gasteiger partial charge in [0.25, 0.3) is 10.0 Å². The summed E-state index contributed by atoms with van der Waals surface area (Å²) in [5, 5.41) is 0. The van der Waals surface area contributed by atoms with Crippen molar-refractivity contribution in [1.82, 2.24) is 4.90 Å². The van der Waals surface area contributed by atoms with Gasteiger partial charge < -0.3 is 4.90 Å². The first kappa shape index (κ1) is 26.9. The first-order chi connectivity index (χ1) is 17.1. The number of carbonyl (C=O) groups is 1. The Bertz CT molecular complexity index is 1350. The molecule has 5 nitrogen and oxygen atoms in total. The smallest absolute Gasteiger partial charge is 0.264 e. The van der Waals surface area contributed by atoms with Crippen LogP contribution in [0.25, 0.3) is 0 Å². The Balaban J connectivity index is 1.63. The third-order valence-corrected chi connectivity index (χ3v) is 9.77. The quantitative estimate of drug-likeness (QED) is 0.288. The lowest BCUT2D eigenvalue weighted by Gasteiger charge is -2.37. The molecule has 0 bridgehead atoms. The molecule has 3 aromatic rings. The van der Waals surface area contributed by atoms with Crippen LogP contribution >= 0.6 is 31.9 Å². The number of hydrogen-bond acceptors (Lipinski definition) is 3. The number of nitrogens with zero attached hydrogens (tertiary/aromatic N) is 2. The highest BCUT2D eigenvalue weighted by Crippen LogP contribution is 2.32. The molecule has 4 rings (SSSR count). The van der Waals surface area contributed by atoms with E-state index in [1.54, 1.807) is 24.3 Å². The molecular formula is C28H30Br2N2O3S. The molecule has 0 spiro atoms. The molecule has 0 radical (unpaired) electrons. The molecule has 0 N–H and O–H groups in total. The number of rotatable bonds is 7. The monoisotopic (exact) mass is 632 g/mol. The Hall–Kier alpha value is -2.16. The van der Waals surface area contributed by atoms with Crippen molar-refractivity contribution in [3.8, 4) is 0 Å². The maximum absolute atomic E-state index is 13.8. The summed E-state index contributed by atoms with van der Waals surface area (Å²) in [4.78, 5) is 15.6. The van der Waals surface area contributed by atoms with Gasteiger partial charge in [0.1, 0.15) is 0 Å². The second-order valence-corrected chi connectivity index (χ2v) is 12.9. The van der Waals surface area contributed by atoms with Gasteiger partial charge in [0.05, 0.1) is 10.6 Å². The van der Waals surface area contributed by atoms with Crippen molar-refractivity contribution in [2.45, 2.75) is 57.5 Å². The Morgan fingerprint density at radius 1 is 1.03 bits per heavy atom. The fourth-order valence-corrected chi connectivity index (χ4v) is 7.13. The molecule has 1 aliphatic rings. The molecule has 36 heavy (non-hydrogen) atoms. The molecule has 1 atom stereocenters. The van der Waals surface area contributed by atoms with E-state index in [0.29, 0.717) is 12.2 Å². The summed E-state index contributed by atoms with van der Waals surface area (Å²) in [5.41, 5.74) is 4.90. The third kappa shape index (κ3) is 5.71. The lowest BCUT2D eigenvalue weighted by Crippen LogP contribution is -2.45. The van der Waals surface area contributed by atoms with Crippen LogP contribution in [0.1, 0.15) is 42.0 Å². The molecule has 8 heteroatoms. The maximum Gasteiger partial charge on any atom is 0.264 e. The van der Waals surface area contributed by atoms with Crippen LogP contribution < -0.4 is 4.31 Å². The fraction of sp³-hybridized carbons (Fsp3) is 0.321. The van der Waals surface area contributed by atoms with Crippen LogP contribution in [0.5, 0.6) is 0 Å². The molecule has 1 unspecified atom stereocenters. The molecule has 0 fully saturated rings. The zero-order valence-electron chi connectivity index (χ0n) is 20.7. The highest BCUT2D eigenvalue weighted by atomic mass is 79.9. The van der Waals surface area contributed by atoms with Crippen LogP contribution in [0.2, 0.25) is 0 Å². The molecule has 0 saturated carbocycles. The van der Waals surface area contributed by atoms with Crippen molar-refractivity contribution >= 4 is 53.5 Å². The van der Waals surface area contributed by atoms with Gasteiger partial charge in [-0.3, -0.25) is 9.10 Å². The van der Waals surface area contributed by atoms with Gasteiger partial charge in [-0.2, -0.15) is 0 Å². The highest BCUT2D eigenvalue weighted by Gasteiger charge is 2.31. The molecule has 1 heterocycles. The zero-order valence-corrected chi connectivity index (χ0v) is 24.7. The van der Waals surface area contributed by atoms with Crippen molar-refractivity contribution in [3.63, 3.8) is 0 Å². The van der Waals surface area contributed by atoms with E-state index in [-0.39, 0.29) is 29.8 Å². The summed E-state index contributed by atoms with van der Waals surface area (Å²) in [5.74, 6) is -0.0344. The average molecular weight is 634 g/mol. The molecular weight excluding hydrogens is 604 g/mol. The summed E-state index contributed by atoms with van der Waals surface area (Å²) in [6.07, 6.45) is 1.73. The van der Waals surface area contributed by atoms with Crippen LogP contribution in [-0.2, 0) is 27.8 Å². The number of amides is 1.